The molecular weight excluding hydrogens is 234 g/mol. The van der Waals surface area contributed by atoms with Gasteiger partial charge in [-0.3, -0.25) is 4.98 Å². The average Bonchev–Trinajstić information content (AvgIpc) is 2.39. The molecule has 104 valence electrons. The van der Waals surface area contributed by atoms with Crippen molar-refractivity contribution in [1.82, 2.24) is 10.3 Å². The third kappa shape index (κ3) is 4.35. The van der Waals surface area contributed by atoms with Gasteiger partial charge in [0.05, 0.1) is 5.69 Å². The van der Waals surface area contributed by atoms with Gasteiger partial charge in [0.25, 0.3) is 0 Å². The quantitative estimate of drug-likeness (QED) is 0.824. The van der Waals surface area contributed by atoms with Crippen LogP contribution in [0, 0.1) is 5.92 Å². The van der Waals surface area contributed by atoms with Gasteiger partial charge in [-0.1, -0.05) is 25.5 Å². The highest BCUT2D eigenvalue weighted by Crippen LogP contribution is 2.19. The Labute approximate surface area is 116 Å². The Morgan fingerprint density at radius 2 is 2.26 bits per heavy atom. The lowest BCUT2D eigenvalue weighted by Gasteiger charge is -2.27. The summed E-state index contributed by atoms with van der Waals surface area (Å²) in [6, 6.07) is 4.32. The maximum absolute atomic E-state index is 4.44. The molecule has 0 unspecified atom stereocenters. The molecule has 0 atom stereocenters. The Bertz CT molecular complexity index is 437. The van der Waals surface area contributed by atoms with Gasteiger partial charge in [-0.2, -0.15) is 0 Å². The van der Waals surface area contributed by atoms with E-state index >= 15 is 0 Å². The van der Waals surface area contributed by atoms with Crippen molar-refractivity contribution in [3.8, 4) is 0 Å². The number of nitrogens with zero attached hydrogens (tertiary/aromatic N) is 2. The zero-order chi connectivity index (χ0) is 13.7. The van der Waals surface area contributed by atoms with Crippen molar-refractivity contribution in [2.45, 2.75) is 33.7 Å². The number of pyridine rings is 1. The second kappa shape index (κ2) is 6.71. The third-order valence-corrected chi connectivity index (χ3v) is 3.46. The molecule has 0 bridgehead atoms. The van der Waals surface area contributed by atoms with Crippen LogP contribution in [0.3, 0.4) is 0 Å². The first-order valence-corrected chi connectivity index (χ1v) is 7.21. The monoisotopic (exact) mass is 259 g/mol. The van der Waals surface area contributed by atoms with Gasteiger partial charge in [0, 0.05) is 31.5 Å². The lowest BCUT2D eigenvalue weighted by Crippen LogP contribution is -2.28. The summed E-state index contributed by atoms with van der Waals surface area (Å²) < 4.78 is 0. The molecule has 0 saturated heterocycles. The van der Waals surface area contributed by atoms with Crippen LogP contribution in [0.25, 0.3) is 0 Å². The lowest BCUT2D eigenvalue weighted by atomic mass is 10.1. The molecule has 2 rings (SSSR count). The standard InChI is InChI=1S/C16H25N3/c1-13(2)11-17-12-15-10-16(4-7-18-15)19-8-5-14(3)6-9-19/h4-5,7,10,13,17H,6,8-9,11-12H2,1-3H3. The summed E-state index contributed by atoms with van der Waals surface area (Å²) in [4.78, 5) is 6.86. The number of nitrogens with one attached hydrogen (secondary N) is 1. The normalized spacial score (nSPS) is 15.8. The molecule has 1 N–H and O–H groups in total. The second-order valence-electron chi connectivity index (χ2n) is 5.78. The summed E-state index contributed by atoms with van der Waals surface area (Å²) in [7, 11) is 0. The van der Waals surface area contributed by atoms with E-state index in [1.807, 2.05) is 6.20 Å². The van der Waals surface area contributed by atoms with E-state index in [9.17, 15) is 0 Å². The van der Waals surface area contributed by atoms with Crippen LogP contribution in [0.4, 0.5) is 5.69 Å². The summed E-state index contributed by atoms with van der Waals surface area (Å²) in [6.45, 7) is 10.7. The van der Waals surface area contributed by atoms with Crippen LogP contribution in [0.2, 0.25) is 0 Å². The summed E-state index contributed by atoms with van der Waals surface area (Å²) in [5.74, 6) is 0.679. The molecule has 19 heavy (non-hydrogen) atoms. The van der Waals surface area contributed by atoms with E-state index < -0.39 is 0 Å². The van der Waals surface area contributed by atoms with E-state index in [4.69, 9.17) is 0 Å². The van der Waals surface area contributed by atoms with Gasteiger partial charge in [-0.25, -0.2) is 0 Å². The van der Waals surface area contributed by atoms with Crippen LogP contribution >= 0.6 is 0 Å². The molecular formula is C16H25N3. The Balaban J connectivity index is 1.95. The molecule has 0 saturated carbocycles. The van der Waals surface area contributed by atoms with Crippen LogP contribution in [0.5, 0.6) is 0 Å². The topological polar surface area (TPSA) is 28.2 Å². The fraction of sp³-hybridized carbons (Fsp3) is 0.562. The highest BCUT2D eigenvalue weighted by Gasteiger charge is 2.10. The van der Waals surface area contributed by atoms with Gasteiger partial charge in [0.1, 0.15) is 0 Å². The van der Waals surface area contributed by atoms with Crippen LogP contribution in [0.1, 0.15) is 32.9 Å². The minimum absolute atomic E-state index is 0.679. The smallest absolute Gasteiger partial charge is 0.0562 e. The minimum Gasteiger partial charge on any atom is -0.367 e. The van der Waals surface area contributed by atoms with E-state index in [1.165, 1.54) is 17.7 Å². The van der Waals surface area contributed by atoms with E-state index in [0.717, 1.165) is 31.9 Å². The van der Waals surface area contributed by atoms with Crippen LogP contribution in [0.15, 0.2) is 30.0 Å². The third-order valence-electron chi connectivity index (χ3n) is 3.46. The Hall–Kier alpha value is -1.35. The molecule has 0 amide bonds. The van der Waals surface area contributed by atoms with Gasteiger partial charge in [0.2, 0.25) is 0 Å². The van der Waals surface area contributed by atoms with Crippen molar-refractivity contribution in [3.05, 3.63) is 35.7 Å². The van der Waals surface area contributed by atoms with Gasteiger partial charge in [-0.05, 0) is 37.9 Å². The summed E-state index contributed by atoms with van der Waals surface area (Å²) >= 11 is 0. The number of hydrogen-bond acceptors (Lipinski definition) is 3. The summed E-state index contributed by atoms with van der Waals surface area (Å²) in [5, 5.41) is 3.45. The van der Waals surface area contributed by atoms with Gasteiger partial charge < -0.3 is 10.2 Å². The SMILES string of the molecule is CC1=CCN(c2ccnc(CNCC(C)C)c2)CC1. The van der Waals surface area contributed by atoms with Gasteiger partial charge in [0.15, 0.2) is 0 Å². The van der Waals surface area contributed by atoms with E-state index in [2.05, 4.69) is 54.2 Å². The zero-order valence-corrected chi connectivity index (χ0v) is 12.3. The van der Waals surface area contributed by atoms with Crippen LogP contribution in [-0.4, -0.2) is 24.6 Å². The molecule has 3 nitrogen and oxygen atoms in total. The number of aromatic nitrogens is 1. The van der Waals surface area contributed by atoms with E-state index in [1.54, 1.807) is 0 Å². The van der Waals surface area contributed by atoms with Crippen molar-refractivity contribution in [2.24, 2.45) is 5.92 Å². The highest BCUT2D eigenvalue weighted by atomic mass is 15.1. The molecule has 3 heteroatoms. The van der Waals surface area contributed by atoms with Crippen molar-refractivity contribution in [1.29, 1.82) is 0 Å². The molecule has 1 aliphatic heterocycles. The molecule has 0 aromatic carbocycles. The van der Waals surface area contributed by atoms with Crippen molar-refractivity contribution < 1.29 is 0 Å². The first-order chi connectivity index (χ1) is 9.15. The summed E-state index contributed by atoms with van der Waals surface area (Å²) in [5.41, 5.74) is 3.92. The van der Waals surface area contributed by atoms with Crippen LogP contribution in [-0.2, 0) is 6.54 Å². The molecule has 1 aliphatic rings. The van der Waals surface area contributed by atoms with Gasteiger partial charge in [-0.15, -0.1) is 0 Å². The molecule has 0 fully saturated rings. The fourth-order valence-electron chi connectivity index (χ4n) is 2.25. The molecule has 2 heterocycles. The summed E-state index contributed by atoms with van der Waals surface area (Å²) in [6.07, 6.45) is 5.41. The zero-order valence-electron chi connectivity index (χ0n) is 12.3. The number of hydrogen-bond donors (Lipinski definition) is 1. The van der Waals surface area contributed by atoms with E-state index in [0.29, 0.717) is 5.92 Å². The fourth-order valence-corrected chi connectivity index (χ4v) is 2.25. The molecule has 1 aromatic rings. The number of anilines is 1. The first kappa shape index (κ1) is 14.1. The Morgan fingerprint density at radius 1 is 1.42 bits per heavy atom. The maximum Gasteiger partial charge on any atom is 0.0562 e. The average molecular weight is 259 g/mol. The first-order valence-electron chi connectivity index (χ1n) is 7.21. The Kier molecular flexibility index (Phi) is 4.97. The van der Waals surface area contributed by atoms with E-state index in [-0.39, 0.29) is 0 Å². The molecule has 0 radical (unpaired) electrons. The molecule has 0 aliphatic carbocycles. The largest absolute Gasteiger partial charge is 0.367 e. The highest BCUT2D eigenvalue weighted by molar-refractivity contribution is 5.48. The predicted octanol–water partition coefficient (Wildman–Crippen LogP) is 2.98. The molecule has 0 spiro atoms. The van der Waals surface area contributed by atoms with Gasteiger partial charge >= 0.3 is 0 Å². The molecule has 1 aromatic heterocycles. The van der Waals surface area contributed by atoms with Crippen LogP contribution < -0.4 is 10.2 Å². The predicted molar refractivity (Wildman–Crippen MR) is 81.4 cm³/mol. The Morgan fingerprint density at radius 3 is 2.95 bits per heavy atom. The van der Waals surface area contributed by atoms with Crippen molar-refractivity contribution in [2.75, 3.05) is 24.5 Å². The van der Waals surface area contributed by atoms with Crippen molar-refractivity contribution >= 4 is 5.69 Å². The minimum atomic E-state index is 0.679. The number of rotatable bonds is 5. The lowest BCUT2D eigenvalue weighted by molar-refractivity contribution is 0.548. The maximum atomic E-state index is 4.44. The van der Waals surface area contributed by atoms with Crippen molar-refractivity contribution in [3.63, 3.8) is 0 Å². The second-order valence-corrected chi connectivity index (χ2v) is 5.78.